The monoisotopic (exact) mass is 739 g/mol. The third kappa shape index (κ3) is 5.74. The molecule has 11 rings (SSSR count). The summed E-state index contributed by atoms with van der Waals surface area (Å²) in [6.45, 7) is 0. The predicted molar refractivity (Wildman–Crippen MR) is 245 cm³/mol. The lowest BCUT2D eigenvalue weighted by atomic mass is 9.90. The van der Waals surface area contributed by atoms with Crippen molar-refractivity contribution in [3.05, 3.63) is 224 Å². The Morgan fingerprint density at radius 2 is 0.862 bits per heavy atom. The van der Waals surface area contributed by atoms with Gasteiger partial charge >= 0.3 is 0 Å². The van der Waals surface area contributed by atoms with Crippen molar-refractivity contribution in [3.8, 4) is 44.5 Å². The van der Waals surface area contributed by atoms with E-state index in [1.54, 1.807) is 0 Å². The van der Waals surface area contributed by atoms with Crippen molar-refractivity contribution >= 4 is 60.5 Å². The van der Waals surface area contributed by atoms with Crippen molar-refractivity contribution in [2.45, 2.75) is 0 Å². The van der Waals surface area contributed by atoms with E-state index in [2.05, 4.69) is 223 Å². The average molecular weight is 740 g/mol. The first kappa shape index (κ1) is 33.6. The Morgan fingerprint density at radius 3 is 1.66 bits per heavy atom. The number of benzene rings is 10. The summed E-state index contributed by atoms with van der Waals surface area (Å²) >= 11 is 0. The molecular weight excluding hydrogens is 703 g/mol. The van der Waals surface area contributed by atoms with E-state index in [1.807, 2.05) is 6.07 Å². The Labute approximate surface area is 337 Å². The highest BCUT2D eigenvalue weighted by atomic mass is 16.3. The van der Waals surface area contributed by atoms with Crippen molar-refractivity contribution in [1.29, 1.82) is 0 Å². The Bertz CT molecular complexity index is 3280. The second-order valence-corrected chi connectivity index (χ2v) is 14.8. The first-order valence-electron chi connectivity index (χ1n) is 19.8. The highest BCUT2D eigenvalue weighted by Gasteiger charge is 2.23. The Hall–Kier alpha value is -7.68. The van der Waals surface area contributed by atoms with E-state index in [-0.39, 0.29) is 0 Å². The Morgan fingerprint density at radius 1 is 0.310 bits per heavy atom. The second kappa shape index (κ2) is 14.1. The first-order valence-corrected chi connectivity index (χ1v) is 19.8. The number of fused-ring (bicyclic) bond motifs is 5. The summed E-state index contributed by atoms with van der Waals surface area (Å²) in [4.78, 5) is 2.43. The van der Waals surface area contributed by atoms with Gasteiger partial charge in [-0.2, -0.15) is 0 Å². The Balaban J connectivity index is 1.15. The van der Waals surface area contributed by atoms with Crippen molar-refractivity contribution in [2.24, 2.45) is 0 Å². The maximum Gasteiger partial charge on any atom is 0.143 e. The molecule has 2 nitrogen and oxygen atoms in total. The molecule has 11 aromatic rings. The van der Waals surface area contributed by atoms with Crippen LogP contribution in [0.4, 0.5) is 17.1 Å². The van der Waals surface area contributed by atoms with Gasteiger partial charge in [0.25, 0.3) is 0 Å². The lowest BCUT2D eigenvalue weighted by Gasteiger charge is -2.30. The van der Waals surface area contributed by atoms with Crippen molar-refractivity contribution in [1.82, 2.24) is 0 Å². The summed E-state index contributed by atoms with van der Waals surface area (Å²) in [6.07, 6.45) is 0. The second-order valence-electron chi connectivity index (χ2n) is 14.8. The molecule has 10 aromatic carbocycles. The molecule has 0 radical (unpaired) electrons. The molecule has 0 spiro atoms. The van der Waals surface area contributed by atoms with Crippen LogP contribution in [-0.4, -0.2) is 0 Å². The van der Waals surface area contributed by atoms with Crippen LogP contribution in [0.25, 0.3) is 88.0 Å². The molecule has 0 bridgehead atoms. The molecule has 0 N–H and O–H groups in total. The first-order chi connectivity index (χ1) is 28.8. The maximum atomic E-state index is 6.66. The summed E-state index contributed by atoms with van der Waals surface area (Å²) in [5, 5.41) is 7.14. The van der Waals surface area contributed by atoms with Crippen LogP contribution in [0.5, 0.6) is 0 Å². The van der Waals surface area contributed by atoms with E-state index in [9.17, 15) is 0 Å². The molecule has 0 aliphatic rings. The minimum absolute atomic E-state index is 0.887. The van der Waals surface area contributed by atoms with Crippen molar-refractivity contribution in [3.63, 3.8) is 0 Å². The van der Waals surface area contributed by atoms with E-state index >= 15 is 0 Å². The quantitative estimate of drug-likeness (QED) is 0.162. The molecule has 0 saturated carbocycles. The molecule has 1 heterocycles. The number of hydrogen-bond donors (Lipinski definition) is 0. The third-order valence-electron chi connectivity index (χ3n) is 11.5. The standard InChI is InChI=1S/C56H37NO/c1-2-16-40(17-3-1)45-24-12-19-41-20-13-25-49(55(41)45)46-21-6-9-28-52(46)57(44-35-33-39(34-36-44)43-32-31-38-15-4-5-18-42(38)37-43)53-29-10-7-22-47(53)50-26-14-27-51-48-23-8-11-30-54(48)58-56(50)51/h1-37H. The molecule has 1 aromatic heterocycles. The summed E-state index contributed by atoms with van der Waals surface area (Å²) in [5.41, 5.74) is 14.2. The van der Waals surface area contributed by atoms with E-state index in [0.29, 0.717) is 0 Å². The highest BCUT2D eigenvalue weighted by molar-refractivity contribution is 6.12. The van der Waals surface area contributed by atoms with Crippen LogP contribution in [0.15, 0.2) is 229 Å². The summed E-state index contributed by atoms with van der Waals surface area (Å²) in [7, 11) is 0. The lowest BCUT2D eigenvalue weighted by molar-refractivity contribution is 0.670. The zero-order valence-electron chi connectivity index (χ0n) is 31.7. The SMILES string of the molecule is c1ccc(-c2cccc3cccc(-c4ccccc4N(c4ccc(-c5ccc6ccccc6c5)cc4)c4ccccc4-c4cccc5c4oc4ccccc45)c23)cc1. The molecule has 0 saturated heterocycles. The van der Waals surface area contributed by atoms with Gasteiger partial charge in [-0.1, -0.05) is 188 Å². The van der Waals surface area contributed by atoms with E-state index in [0.717, 1.165) is 55.7 Å². The van der Waals surface area contributed by atoms with Crippen LogP contribution in [-0.2, 0) is 0 Å². The highest BCUT2D eigenvalue weighted by Crippen LogP contribution is 2.48. The summed E-state index contributed by atoms with van der Waals surface area (Å²) in [6, 6.07) is 80.7. The number of rotatable bonds is 7. The van der Waals surface area contributed by atoms with Gasteiger partial charge in [0.15, 0.2) is 0 Å². The third-order valence-corrected chi connectivity index (χ3v) is 11.5. The normalized spacial score (nSPS) is 11.4. The summed E-state index contributed by atoms with van der Waals surface area (Å²) in [5.74, 6) is 0. The van der Waals surface area contributed by atoms with Gasteiger partial charge in [0.1, 0.15) is 11.2 Å². The number of anilines is 3. The maximum absolute atomic E-state index is 6.66. The van der Waals surface area contributed by atoms with Crippen molar-refractivity contribution < 1.29 is 4.42 Å². The summed E-state index contributed by atoms with van der Waals surface area (Å²) < 4.78 is 6.66. The average Bonchev–Trinajstić information content (AvgIpc) is 3.69. The van der Waals surface area contributed by atoms with Gasteiger partial charge in [0.2, 0.25) is 0 Å². The predicted octanol–water partition coefficient (Wildman–Crippen LogP) is 16.0. The molecule has 0 amide bonds. The Kier molecular flexibility index (Phi) is 8.19. The van der Waals surface area contributed by atoms with Crippen LogP contribution in [0, 0.1) is 0 Å². The van der Waals surface area contributed by atoms with Gasteiger partial charge in [-0.15, -0.1) is 0 Å². The number of furan rings is 1. The molecule has 0 fully saturated rings. The molecule has 0 aliphatic carbocycles. The van der Waals surface area contributed by atoms with Crippen LogP contribution < -0.4 is 4.90 Å². The van der Waals surface area contributed by atoms with E-state index < -0.39 is 0 Å². The van der Waals surface area contributed by atoms with E-state index in [4.69, 9.17) is 4.42 Å². The molecule has 0 aliphatic heterocycles. The largest absolute Gasteiger partial charge is 0.455 e. The van der Waals surface area contributed by atoms with Crippen LogP contribution in [0.3, 0.4) is 0 Å². The zero-order chi connectivity index (χ0) is 38.4. The number of hydrogen-bond acceptors (Lipinski definition) is 2. The van der Waals surface area contributed by atoms with Gasteiger partial charge in [-0.25, -0.2) is 0 Å². The molecule has 0 atom stereocenters. The molecular formula is C56H37NO. The fourth-order valence-electron chi connectivity index (χ4n) is 8.76. The smallest absolute Gasteiger partial charge is 0.143 e. The van der Waals surface area contributed by atoms with Crippen LogP contribution in [0.2, 0.25) is 0 Å². The lowest BCUT2D eigenvalue weighted by Crippen LogP contribution is -2.12. The van der Waals surface area contributed by atoms with Gasteiger partial charge < -0.3 is 9.32 Å². The van der Waals surface area contributed by atoms with Crippen molar-refractivity contribution in [2.75, 3.05) is 4.90 Å². The van der Waals surface area contributed by atoms with Gasteiger partial charge in [0.05, 0.1) is 11.4 Å². The van der Waals surface area contributed by atoms with Crippen LogP contribution >= 0.6 is 0 Å². The van der Waals surface area contributed by atoms with Gasteiger partial charge in [0, 0.05) is 33.2 Å². The molecule has 58 heavy (non-hydrogen) atoms. The number of para-hydroxylation sites is 4. The minimum atomic E-state index is 0.887. The van der Waals surface area contributed by atoms with Gasteiger partial charge in [-0.3, -0.25) is 0 Å². The van der Waals surface area contributed by atoms with Crippen LogP contribution in [0.1, 0.15) is 0 Å². The molecule has 2 heteroatoms. The fourth-order valence-corrected chi connectivity index (χ4v) is 8.76. The van der Waals surface area contributed by atoms with E-state index in [1.165, 1.54) is 49.4 Å². The fraction of sp³-hybridized carbons (Fsp3) is 0. The minimum Gasteiger partial charge on any atom is -0.455 e. The topological polar surface area (TPSA) is 16.4 Å². The zero-order valence-corrected chi connectivity index (χ0v) is 31.7. The number of nitrogens with zero attached hydrogens (tertiary/aromatic N) is 1. The molecule has 0 unspecified atom stereocenters. The molecule has 272 valence electrons. The van der Waals surface area contributed by atoms with Gasteiger partial charge in [-0.05, 0) is 85.8 Å².